The van der Waals surface area contributed by atoms with E-state index in [0.717, 1.165) is 69.0 Å². The Morgan fingerprint density at radius 3 is 2.11 bits per heavy atom. The van der Waals surface area contributed by atoms with Crippen LogP contribution in [0, 0.1) is 5.92 Å². The van der Waals surface area contributed by atoms with Gasteiger partial charge in [0.25, 0.3) is 11.8 Å². The molecule has 10 heteroatoms. The van der Waals surface area contributed by atoms with Gasteiger partial charge in [0.15, 0.2) is 0 Å². The van der Waals surface area contributed by atoms with Gasteiger partial charge in [-0.05, 0) is 123 Å². The molecule has 5 atom stereocenters. The summed E-state index contributed by atoms with van der Waals surface area (Å²) in [6.07, 6.45) is 4.55. The zero-order valence-electron chi connectivity index (χ0n) is 32.8. The minimum absolute atomic E-state index is 0.100. The van der Waals surface area contributed by atoms with Crippen molar-refractivity contribution in [3.63, 3.8) is 0 Å². The smallest absolute Gasteiger partial charge is 0.262 e. The summed E-state index contributed by atoms with van der Waals surface area (Å²) in [6.45, 7) is 9.30. The molecule has 4 aromatic carbocycles. The first-order chi connectivity index (χ1) is 27.6. The lowest BCUT2D eigenvalue weighted by atomic mass is 9.69. The highest BCUT2D eigenvalue weighted by molar-refractivity contribution is 6.23. The molecule has 0 spiro atoms. The largest absolute Gasteiger partial charge is 0.508 e. The number of nitrogens with one attached hydrogen (secondary N) is 1. The monoisotopic (exact) mass is 765 g/mol. The molecule has 2 N–H and O–H groups in total. The standard InChI is InChI=1S/C47H51N5O5/c1-29-26-50(36-13-16-40-41(25-36)47(57)52(46(40)56)42-18-19-43(54)48-45(42)55)27-30(2)51(29)28-31-20-22-49(23-21-31)35-11-8-33(9-12-35)44-38(32-6-4-3-5-7-32)15-10-34-24-37(53)14-17-39(34)44/h3-9,11-14,16-17,24-25,29-31,38,42,44,53H,10,15,18-23,26-28H2,1-2H3,(H,48,54,55)/t29?,30?,38-,42?,44+/m1/s1. The quantitative estimate of drug-likeness (QED) is 0.206. The molecule has 9 rings (SSSR count). The summed E-state index contributed by atoms with van der Waals surface area (Å²) in [5.74, 6) is -0.345. The molecule has 3 fully saturated rings. The summed E-state index contributed by atoms with van der Waals surface area (Å²) in [6, 6.07) is 31.1. The van der Waals surface area contributed by atoms with Gasteiger partial charge in [0.2, 0.25) is 11.8 Å². The summed E-state index contributed by atoms with van der Waals surface area (Å²) in [4.78, 5) is 59.4. The number of piperidine rings is 2. The third-order valence-corrected chi connectivity index (χ3v) is 13.4. The Balaban J connectivity index is 0.817. The van der Waals surface area contributed by atoms with Crippen molar-refractivity contribution in [1.82, 2.24) is 15.1 Å². The maximum Gasteiger partial charge on any atom is 0.262 e. The number of nitrogens with zero attached hydrogens (tertiary/aromatic N) is 4. The van der Waals surface area contributed by atoms with Crippen LogP contribution in [0.2, 0.25) is 0 Å². The number of hydrogen-bond donors (Lipinski definition) is 2. The van der Waals surface area contributed by atoms with Gasteiger partial charge in [-0.1, -0.05) is 48.5 Å². The summed E-state index contributed by atoms with van der Waals surface area (Å²) in [5.41, 5.74) is 8.08. The van der Waals surface area contributed by atoms with E-state index in [1.54, 1.807) is 12.1 Å². The van der Waals surface area contributed by atoms with Crippen LogP contribution < -0.4 is 15.1 Å². The second-order valence-corrected chi connectivity index (χ2v) is 16.9. The Bertz CT molecular complexity index is 2190. The highest BCUT2D eigenvalue weighted by Crippen LogP contribution is 2.47. The second-order valence-electron chi connectivity index (χ2n) is 16.9. The molecule has 10 nitrogen and oxygen atoms in total. The number of carbonyl (C=O) groups excluding carboxylic acids is 4. The van der Waals surface area contributed by atoms with Gasteiger partial charge < -0.3 is 14.9 Å². The van der Waals surface area contributed by atoms with Crippen molar-refractivity contribution in [2.45, 2.75) is 82.3 Å². The van der Waals surface area contributed by atoms with Gasteiger partial charge in [0.05, 0.1) is 11.1 Å². The number of anilines is 2. The number of rotatable bonds is 7. The molecule has 4 aromatic rings. The van der Waals surface area contributed by atoms with Gasteiger partial charge in [0, 0.05) is 68.5 Å². The fourth-order valence-corrected chi connectivity index (χ4v) is 10.4. The Labute approximate surface area is 334 Å². The molecule has 5 aliphatic rings. The molecule has 294 valence electrons. The normalized spacial score (nSPS) is 25.7. The second kappa shape index (κ2) is 15.1. The number of imide groups is 2. The summed E-state index contributed by atoms with van der Waals surface area (Å²) in [7, 11) is 0. The average Bonchev–Trinajstić information content (AvgIpc) is 3.47. The van der Waals surface area contributed by atoms with E-state index in [1.807, 2.05) is 18.2 Å². The van der Waals surface area contributed by atoms with Crippen LogP contribution in [0.3, 0.4) is 0 Å². The SMILES string of the molecule is CC1CN(c2ccc3c(c2)C(=O)N(C2CCC(=O)NC2=O)C3=O)CC(C)N1CC1CCN(c2ccc([C@@H]3c4ccc(O)cc4CC[C@@H]3c3ccccc3)cc2)CC1. The number of phenolic OH excluding ortho intramolecular Hbond substituents is 1. The predicted molar refractivity (Wildman–Crippen MR) is 220 cm³/mol. The van der Waals surface area contributed by atoms with Crippen molar-refractivity contribution in [2.75, 3.05) is 42.5 Å². The van der Waals surface area contributed by atoms with Gasteiger partial charge in [-0.3, -0.25) is 34.3 Å². The molecule has 3 saturated heterocycles. The topological polar surface area (TPSA) is 113 Å². The predicted octanol–water partition coefficient (Wildman–Crippen LogP) is 6.47. The van der Waals surface area contributed by atoms with Crippen molar-refractivity contribution < 1.29 is 24.3 Å². The van der Waals surface area contributed by atoms with Crippen LogP contribution >= 0.6 is 0 Å². The number of benzene rings is 4. The lowest BCUT2D eigenvalue weighted by molar-refractivity contribution is -0.136. The number of aryl methyl sites for hydroxylation is 1. The minimum Gasteiger partial charge on any atom is -0.508 e. The van der Waals surface area contributed by atoms with E-state index in [4.69, 9.17) is 0 Å². The highest BCUT2D eigenvalue weighted by Gasteiger charge is 2.45. The molecule has 57 heavy (non-hydrogen) atoms. The highest BCUT2D eigenvalue weighted by atomic mass is 16.3. The zero-order valence-corrected chi connectivity index (χ0v) is 32.8. The summed E-state index contributed by atoms with van der Waals surface area (Å²) < 4.78 is 0. The molecule has 0 bridgehead atoms. The van der Waals surface area contributed by atoms with E-state index in [-0.39, 0.29) is 24.7 Å². The van der Waals surface area contributed by atoms with Crippen molar-refractivity contribution in [1.29, 1.82) is 0 Å². The Morgan fingerprint density at radius 2 is 1.39 bits per heavy atom. The fraction of sp³-hybridized carbons (Fsp3) is 0.404. The van der Waals surface area contributed by atoms with E-state index in [9.17, 15) is 24.3 Å². The fourth-order valence-electron chi connectivity index (χ4n) is 10.4. The lowest BCUT2D eigenvalue weighted by Gasteiger charge is -2.47. The molecule has 1 aliphatic carbocycles. The van der Waals surface area contributed by atoms with E-state index >= 15 is 0 Å². The molecule has 4 amide bonds. The average molecular weight is 766 g/mol. The number of amides is 4. The van der Waals surface area contributed by atoms with Crippen LogP contribution in [0.5, 0.6) is 5.75 Å². The van der Waals surface area contributed by atoms with E-state index in [1.165, 1.54) is 27.9 Å². The minimum atomic E-state index is -0.967. The van der Waals surface area contributed by atoms with Gasteiger partial charge in [-0.2, -0.15) is 0 Å². The first-order valence-corrected chi connectivity index (χ1v) is 20.7. The van der Waals surface area contributed by atoms with Crippen LogP contribution in [0.25, 0.3) is 0 Å². The van der Waals surface area contributed by atoms with Crippen LogP contribution in [0.15, 0.2) is 91.0 Å². The van der Waals surface area contributed by atoms with Crippen molar-refractivity contribution >= 4 is 35.0 Å². The molecule has 0 aromatic heterocycles. The lowest BCUT2D eigenvalue weighted by Crippen LogP contribution is -2.58. The first-order valence-electron chi connectivity index (χ1n) is 20.7. The maximum atomic E-state index is 13.5. The van der Waals surface area contributed by atoms with Gasteiger partial charge >= 0.3 is 0 Å². The van der Waals surface area contributed by atoms with Crippen LogP contribution in [0.1, 0.15) is 101 Å². The Morgan fingerprint density at radius 1 is 0.684 bits per heavy atom. The third-order valence-electron chi connectivity index (χ3n) is 13.4. The first kappa shape index (κ1) is 37.1. The Kier molecular flexibility index (Phi) is 9.85. The van der Waals surface area contributed by atoms with E-state index < -0.39 is 23.8 Å². The molecule has 3 unspecified atom stereocenters. The van der Waals surface area contributed by atoms with Crippen LogP contribution in [-0.4, -0.2) is 89.4 Å². The van der Waals surface area contributed by atoms with Gasteiger partial charge in [-0.15, -0.1) is 0 Å². The molecular formula is C47H51N5O5. The van der Waals surface area contributed by atoms with E-state index in [2.05, 4.69) is 94.5 Å². The van der Waals surface area contributed by atoms with Gasteiger partial charge in [-0.25, -0.2) is 0 Å². The number of aromatic hydroxyl groups is 1. The molecule has 0 radical (unpaired) electrons. The van der Waals surface area contributed by atoms with Crippen LogP contribution in [0.4, 0.5) is 11.4 Å². The number of phenols is 1. The molecule has 0 saturated carbocycles. The molecular weight excluding hydrogens is 715 g/mol. The zero-order chi connectivity index (χ0) is 39.4. The number of carbonyl (C=O) groups is 4. The van der Waals surface area contributed by atoms with Crippen molar-refractivity contribution in [3.8, 4) is 5.75 Å². The van der Waals surface area contributed by atoms with Crippen LogP contribution in [-0.2, 0) is 16.0 Å². The summed E-state index contributed by atoms with van der Waals surface area (Å²) in [5, 5.41) is 12.5. The summed E-state index contributed by atoms with van der Waals surface area (Å²) >= 11 is 0. The Hall–Kier alpha value is -5.48. The number of hydrogen-bond acceptors (Lipinski definition) is 8. The van der Waals surface area contributed by atoms with Gasteiger partial charge in [0.1, 0.15) is 11.8 Å². The van der Waals surface area contributed by atoms with E-state index in [0.29, 0.717) is 40.8 Å². The van der Waals surface area contributed by atoms with Crippen molar-refractivity contribution in [3.05, 3.63) is 124 Å². The maximum absolute atomic E-state index is 13.5. The molecule has 4 heterocycles. The third kappa shape index (κ3) is 6.98. The van der Waals surface area contributed by atoms with Crippen molar-refractivity contribution in [2.24, 2.45) is 5.92 Å². The number of piperazine rings is 1. The molecule has 4 aliphatic heterocycles. The number of fused-ring (bicyclic) bond motifs is 2.